The van der Waals surface area contributed by atoms with E-state index < -0.39 is 0 Å². The lowest BCUT2D eigenvalue weighted by Gasteiger charge is -2.09. The summed E-state index contributed by atoms with van der Waals surface area (Å²) in [6.45, 7) is 2.81. The summed E-state index contributed by atoms with van der Waals surface area (Å²) in [5.41, 5.74) is 1.71. The standard InChI is InChI=1S/C13H11BrClN5S/c1-8-11(14)5-10(21-8)6-16-13-4-9(2-3-12(13)15)20-7-17-18-19-20/h2-5,7,16H,6H2,1H3. The highest BCUT2D eigenvalue weighted by Gasteiger charge is 2.07. The summed E-state index contributed by atoms with van der Waals surface area (Å²) in [6.07, 6.45) is 1.55. The molecule has 2 heterocycles. The van der Waals surface area contributed by atoms with Crippen molar-refractivity contribution in [1.82, 2.24) is 20.2 Å². The Hall–Kier alpha value is -1.44. The molecule has 0 saturated carbocycles. The number of hydrogen-bond acceptors (Lipinski definition) is 5. The van der Waals surface area contributed by atoms with Gasteiger partial charge in [0.15, 0.2) is 0 Å². The molecule has 3 aromatic rings. The maximum Gasteiger partial charge on any atom is 0.143 e. The fourth-order valence-electron chi connectivity index (χ4n) is 1.86. The fraction of sp³-hybridized carbons (Fsp3) is 0.154. The Morgan fingerprint density at radius 3 is 2.90 bits per heavy atom. The van der Waals surface area contributed by atoms with Crippen LogP contribution in [0.1, 0.15) is 9.75 Å². The van der Waals surface area contributed by atoms with Gasteiger partial charge in [-0.3, -0.25) is 0 Å². The van der Waals surface area contributed by atoms with E-state index >= 15 is 0 Å². The number of thiophene rings is 1. The van der Waals surface area contributed by atoms with E-state index in [-0.39, 0.29) is 0 Å². The van der Waals surface area contributed by atoms with Crippen molar-refractivity contribution in [1.29, 1.82) is 0 Å². The number of nitrogens with zero attached hydrogens (tertiary/aromatic N) is 4. The average Bonchev–Trinajstić information content (AvgIpc) is 3.09. The van der Waals surface area contributed by atoms with Gasteiger partial charge >= 0.3 is 0 Å². The zero-order valence-electron chi connectivity index (χ0n) is 11.0. The first-order valence-corrected chi connectivity index (χ1v) is 8.14. The Kier molecular flexibility index (Phi) is 4.23. The molecule has 0 amide bonds. The third-order valence-electron chi connectivity index (χ3n) is 2.92. The van der Waals surface area contributed by atoms with Crippen molar-refractivity contribution in [2.75, 3.05) is 5.32 Å². The van der Waals surface area contributed by atoms with Crippen molar-refractivity contribution in [3.05, 3.63) is 49.8 Å². The Morgan fingerprint density at radius 2 is 2.24 bits per heavy atom. The van der Waals surface area contributed by atoms with Crippen LogP contribution in [0.2, 0.25) is 5.02 Å². The fourth-order valence-corrected chi connectivity index (χ4v) is 3.58. The molecule has 0 aliphatic rings. The summed E-state index contributed by atoms with van der Waals surface area (Å²) in [4.78, 5) is 2.50. The van der Waals surface area contributed by atoms with Crippen LogP contribution in [-0.2, 0) is 6.54 Å². The molecule has 0 saturated heterocycles. The normalized spacial score (nSPS) is 10.8. The summed E-state index contributed by atoms with van der Waals surface area (Å²) in [6, 6.07) is 7.74. The number of tetrazole rings is 1. The first kappa shape index (κ1) is 14.5. The van der Waals surface area contributed by atoms with Crippen LogP contribution < -0.4 is 5.32 Å². The minimum absolute atomic E-state index is 0.666. The van der Waals surface area contributed by atoms with Crippen molar-refractivity contribution < 1.29 is 0 Å². The molecule has 1 aromatic carbocycles. The predicted molar refractivity (Wildman–Crippen MR) is 88.2 cm³/mol. The van der Waals surface area contributed by atoms with Crippen LogP contribution in [0.3, 0.4) is 0 Å². The van der Waals surface area contributed by atoms with Gasteiger partial charge in [0.05, 0.1) is 16.4 Å². The summed E-state index contributed by atoms with van der Waals surface area (Å²) < 4.78 is 2.73. The van der Waals surface area contributed by atoms with Crippen molar-refractivity contribution in [2.45, 2.75) is 13.5 Å². The first-order valence-electron chi connectivity index (χ1n) is 6.15. The second kappa shape index (κ2) is 6.13. The molecule has 2 aromatic heterocycles. The van der Waals surface area contributed by atoms with Crippen LogP contribution in [0.4, 0.5) is 5.69 Å². The summed E-state index contributed by atoms with van der Waals surface area (Å²) >= 11 is 11.5. The molecule has 21 heavy (non-hydrogen) atoms. The third kappa shape index (κ3) is 3.25. The molecule has 1 N–H and O–H groups in total. The lowest BCUT2D eigenvalue weighted by atomic mass is 10.2. The Morgan fingerprint density at radius 1 is 1.38 bits per heavy atom. The molecule has 108 valence electrons. The molecule has 0 aliphatic carbocycles. The maximum atomic E-state index is 6.23. The van der Waals surface area contributed by atoms with Gasteiger partial charge in [-0.1, -0.05) is 11.6 Å². The SMILES string of the molecule is Cc1sc(CNc2cc(-n3cnnn3)ccc2Cl)cc1Br. The van der Waals surface area contributed by atoms with E-state index in [9.17, 15) is 0 Å². The Bertz CT molecular complexity index is 737. The summed E-state index contributed by atoms with van der Waals surface area (Å²) in [5, 5.41) is 15.1. The van der Waals surface area contributed by atoms with E-state index in [1.54, 1.807) is 22.3 Å². The second-order valence-corrected chi connectivity index (χ2v) is 6.99. The molecule has 5 nitrogen and oxygen atoms in total. The van der Waals surface area contributed by atoms with Crippen LogP contribution in [0, 0.1) is 6.92 Å². The van der Waals surface area contributed by atoms with E-state index in [1.165, 1.54) is 9.75 Å². The van der Waals surface area contributed by atoms with E-state index in [2.05, 4.69) is 49.8 Å². The Labute approximate surface area is 139 Å². The van der Waals surface area contributed by atoms with Gasteiger partial charge in [-0.25, -0.2) is 4.68 Å². The largest absolute Gasteiger partial charge is 0.379 e. The van der Waals surface area contributed by atoms with Crippen molar-refractivity contribution in [2.24, 2.45) is 0 Å². The van der Waals surface area contributed by atoms with Gasteiger partial charge in [-0.15, -0.1) is 16.4 Å². The number of rotatable bonds is 4. The lowest BCUT2D eigenvalue weighted by molar-refractivity contribution is 0.789. The molecule has 0 aliphatic heterocycles. The number of nitrogens with one attached hydrogen (secondary N) is 1. The van der Waals surface area contributed by atoms with Crippen molar-refractivity contribution in [3.8, 4) is 5.69 Å². The van der Waals surface area contributed by atoms with Gasteiger partial charge in [0, 0.05) is 20.8 Å². The molecular weight excluding hydrogens is 374 g/mol. The quantitative estimate of drug-likeness (QED) is 0.737. The van der Waals surface area contributed by atoms with Crippen LogP contribution in [0.15, 0.2) is 35.1 Å². The van der Waals surface area contributed by atoms with E-state index in [1.807, 2.05) is 18.2 Å². The first-order chi connectivity index (χ1) is 10.1. The highest BCUT2D eigenvalue weighted by atomic mass is 79.9. The van der Waals surface area contributed by atoms with Crippen LogP contribution in [0.5, 0.6) is 0 Å². The molecule has 0 bridgehead atoms. The number of aryl methyl sites for hydroxylation is 1. The molecule has 0 spiro atoms. The highest BCUT2D eigenvalue weighted by molar-refractivity contribution is 9.10. The van der Waals surface area contributed by atoms with Gasteiger partial charge < -0.3 is 5.32 Å². The number of hydrogen-bond donors (Lipinski definition) is 1. The molecule has 0 atom stereocenters. The van der Waals surface area contributed by atoms with Crippen molar-refractivity contribution >= 4 is 44.6 Å². The van der Waals surface area contributed by atoms with Crippen LogP contribution in [-0.4, -0.2) is 20.2 Å². The molecule has 3 rings (SSSR count). The summed E-state index contributed by atoms with van der Waals surface area (Å²) in [7, 11) is 0. The van der Waals surface area contributed by atoms with E-state index in [0.29, 0.717) is 5.02 Å². The highest BCUT2D eigenvalue weighted by Crippen LogP contribution is 2.29. The number of benzene rings is 1. The zero-order valence-corrected chi connectivity index (χ0v) is 14.2. The van der Waals surface area contributed by atoms with Gasteiger partial charge in [0.25, 0.3) is 0 Å². The number of aromatic nitrogens is 4. The van der Waals surface area contributed by atoms with Crippen LogP contribution >= 0.6 is 38.9 Å². The smallest absolute Gasteiger partial charge is 0.143 e. The topological polar surface area (TPSA) is 55.6 Å². The van der Waals surface area contributed by atoms with Gasteiger partial charge in [0.1, 0.15) is 6.33 Å². The van der Waals surface area contributed by atoms with E-state index in [0.717, 1.165) is 22.4 Å². The molecule has 8 heteroatoms. The van der Waals surface area contributed by atoms with Gasteiger partial charge in [-0.2, -0.15) is 0 Å². The number of halogens is 2. The van der Waals surface area contributed by atoms with Crippen molar-refractivity contribution in [3.63, 3.8) is 0 Å². The minimum atomic E-state index is 0.666. The van der Waals surface area contributed by atoms with Crippen LogP contribution in [0.25, 0.3) is 5.69 Å². The van der Waals surface area contributed by atoms with Gasteiger partial charge in [0.2, 0.25) is 0 Å². The average molecular weight is 385 g/mol. The molecule has 0 radical (unpaired) electrons. The van der Waals surface area contributed by atoms with Gasteiger partial charge in [-0.05, 0) is 57.5 Å². The number of anilines is 1. The monoisotopic (exact) mass is 383 g/mol. The predicted octanol–water partition coefficient (Wildman–Crippen LogP) is 4.06. The second-order valence-electron chi connectivity index (χ2n) is 4.39. The van der Waals surface area contributed by atoms with E-state index in [4.69, 9.17) is 11.6 Å². The molecule has 0 unspecified atom stereocenters. The zero-order chi connectivity index (χ0) is 14.8. The maximum absolute atomic E-state index is 6.23. The minimum Gasteiger partial charge on any atom is -0.379 e. The lowest BCUT2D eigenvalue weighted by Crippen LogP contribution is -2.01. The molecule has 0 fully saturated rings. The summed E-state index contributed by atoms with van der Waals surface area (Å²) in [5.74, 6) is 0. The molecular formula is C13H11BrClN5S. The Balaban J connectivity index is 1.80. The third-order valence-corrected chi connectivity index (χ3v) is 5.39.